The lowest BCUT2D eigenvalue weighted by Crippen LogP contribution is -1.92. The van der Waals surface area contributed by atoms with Gasteiger partial charge in [0.1, 0.15) is 5.56 Å². The van der Waals surface area contributed by atoms with Gasteiger partial charge in [0, 0.05) is 6.07 Å². The lowest BCUT2D eigenvalue weighted by Gasteiger charge is -1.95. The van der Waals surface area contributed by atoms with Crippen molar-refractivity contribution in [3.63, 3.8) is 0 Å². The number of tetrazole rings is 1. The summed E-state index contributed by atoms with van der Waals surface area (Å²) in [6.07, 6.45) is 0. The van der Waals surface area contributed by atoms with E-state index in [2.05, 4.69) is 20.6 Å². The van der Waals surface area contributed by atoms with Crippen LogP contribution in [0.5, 0.6) is 0 Å². The molecule has 1 heterocycles. The minimum Gasteiger partial charge on any atom is -0.258 e. The first-order chi connectivity index (χ1) is 7.79. The molecule has 0 amide bonds. The van der Waals surface area contributed by atoms with Gasteiger partial charge in [0.05, 0.1) is 4.92 Å². The lowest BCUT2D eigenvalue weighted by atomic mass is 10.2. The highest BCUT2D eigenvalue weighted by molar-refractivity contribution is 5.66. The van der Waals surface area contributed by atoms with Crippen molar-refractivity contribution in [1.82, 2.24) is 20.6 Å². The van der Waals surface area contributed by atoms with Crippen LogP contribution in [0, 0.1) is 10.1 Å². The standard InChI is InChI=1S/C7H5N5O2.C2H6/c13-12(14)6-4-2-1-3-5(6)7-8-10-11-9-7;1-2/h1-4H,(H,8,9,10,11);1-2H3. The highest BCUT2D eigenvalue weighted by Crippen LogP contribution is 2.25. The zero-order valence-corrected chi connectivity index (χ0v) is 8.91. The monoisotopic (exact) mass is 221 g/mol. The van der Waals surface area contributed by atoms with E-state index in [1.807, 2.05) is 13.8 Å². The van der Waals surface area contributed by atoms with Crippen LogP contribution in [-0.4, -0.2) is 25.5 Å². The summed E-state index contributed by atoms with van der Waals surface area (Å²) in [5, 5.41) is 23.6. The minimum absolute atomic E-state index is 0.0334. The molecule has 0 saturated carbocycles. The zero-order chi connectivity index (χ0) is 12.0. The molecule has 0 fully saturated rings. The fraction of sp³-hybridized carbons (Fsp3) is 0.222. The maximum Gasteiger partial charge on any atom is 0.280 e. The van der Waals surface area contributed by atoms with Gasteiger partial charge in [0.2, 0.25) is 5.82 Å². The van der Waals surface area contributed by atoms with Gasteiger partial charge in [-0.25, -0.2) is 0 Å². The topological polar surface area (TPSA) is 97.6 Å². The Kier molecular flexibility index (Phi) is 4.07. The van der Waals surface area contributed by atoms with Gasteiger partial charge < -0.3 is 0 Å². The van der Waals surface area contributed by atoms with Gasteiger partial charge in [-0.1, -0.05) is 26.0 Å². The van der Waals surface area contributed by atoms with Crippen molar-refractivity contribution < 1.29 is 4.92 Å². The second-order valence-electron chi connectivity index (χ2n) is 2.51. The fourth-order valence-corrected chi connectivity index (χ4v) is 1.10. The Balaban J connectivity index is 0.000000606. The van der Waals surface area contributed by atoms with Gasteiger partial charge in [-0.3, -0.25) is 10.1 Å². The Morgan fingerprint density at radius 3 is 2.56 bits per heavy atom. The first kappa shape index (κ1) is 11.8. The number of H-pyrrole nitrogens is 1. The highest BCUT2D eigenvalue weighted by atomic mass is 16.6. The van der Waals surface area contributed by atoms with Crippen LogP contribution in [0.2, 0.25) is 0 Å². The van der Waals surface area contributed by atoms with Gasteiger partial charge >= 0.3 is 0 Å². The predicted molar refractivity (Wildman–Crippen MR) is 57.6 cm³/mol. The van der Waals surface area contributed by atoms with E-state index in [1.165, 1.54) is 6.07 Å². The second-order valence-corrected chi connectivity index (χ2v) is 2.51. The molecule has 0 atom stereocenters. The maximum atomic E-state index is 10.6. The van der Waals surface area contributed by atoms with Gasteiger partial charge in [-0.15, -0.1) is 10.2 Å². The molecule has 16 heavy (non-hydrogen) atoms. The molecule has 0 radical (unpaired) electrons. The van der Waals surface area contributed by atoms with E-state index >= 15 is 0 Å². The Morgan fingerprint density at radius 1 is 1.31 bits per heavy atom. The van der Waals surface area contributed by atoms with E-state index in [4.69, 9.17) is 0 Å². The molecule has 2 rings (SSSR count). The molecule has 7 nitrogen and oxygen atoms in total. The molecule has 1 N–H and O–H groups in total. The Hall–Kier alpha value is -2.31. The van der Waals surface area contributed by atoms with Crippen molar-refractivity contribution in [2.75, 3.05) is 0 Å². The van der Waals surface area contributed by atoms with Crippen molar-refractivity contribution >= 4 is 5.69 Å². The smallest absolute Gasteiger partial charge is 0.258 e. The molecular weight excluding hydrogens is 210 g/mol. The zero-order valence-electron chi connectivity index (χ0n) is 8.91. The summed E-state index contributed by atoms with van der Waals surface area (Å²) < 4.78 is 0. The van der Waals surface area contributed by atoms with Crippen LogP contribution in [0.15, 0.2) is 24.3 Å². The summed E-state index contributed by atoms with van der Waals surface area (Å²) in [6.45, 7) is 4.00. The molecule has 1 aromatic carbocycles. The SMILES string of the molecule is CC.O=[N+]([O-])c1ccccc1-c1nn[nH]n1. The molecule has 0 aliphatic rings. The number of aromatic nitrogens is 4. The van der Waals surface area contributed by atoms with Crippen LogP contribution < -0.4 is 0 Å². The third-order valence-electron chi connectivity index (χ3n) is 1.69. The number of benzene rings is 1. The quantitative estimate of drug-likeness (QED) is 0.615. The third-order valence-corrected chi connectivity index (χ3v) is 1.69. The Bertz CT molecular complexity index is 455. The van der Waals surface area contributed by atoms with Crippen LogP contribution in [0.1, 0.15) is 13.8 Å². The third kappa shape index (κ3) is 2.38. The number of hydrogen-bond donors (Lipinski definition) is 1. The molecule has 0 aliphatic carbocycles. The largest absolute Gasteiger partial charge is 0.280 e. The molecule has 0 aliphatic heterocycles. The van der Waals surface area contributed by atoms with Crippen molar-refractivity contribution in [2.45, 2.75) is 13.8 Å². The van der Waals surface area contributed by atoms with Crippen LogP contribution in [0.25, 0.3) is 11.4 Å². The number of nitro benzene ring substituents is 1. The summed E-state index contributed by atoms with van der Waals surface area (Å²) in [4.78, 5) is 10.2. The van der Waals surface area contributed by atoms with E-state index in [9.17, 15) is 10.1 Å². The van der Waals surface area contributed by atoms with Crippen LogP contribution in [-0.2, 0) is 0 Å². The average molecular weight is 221 g/mol. The highest BCUT2D eigenvalue weighted by Gasteiger charge is 2.16. The first-order valence-electron chi connectivity index (χ1n) is 4.76. The molecule has 84 valence electrons. The minimum atomic E-state index is -0.480. The number of hydrogen-bond acceptors (Lipinski definition) is 5. The van der Waals surface area contributed by atoms with Crippen molar-refractivity contribution in [3.05, 3.63) is 34.4 Å². The summed E-state index contributed by atoms with van der Waals surface area (Å²) in [6, 6.07) is 6.23. The first-order valence-corrected chi connectivity index (χ1v) is 4.76. The predicted octanol–water partition coefficient (Wildman–Crippen LogP) is 1.80. The van der Waals surface area contributed by atoms with E-state index in [0.29, 0.717) is 5.56 Å². The molecule has 0 unspecified atom stereocenters. The Morgan fingerprint density at radius 2 is 2.00 bits per heavy atom. The van der Waals surface area contributed by atoms with E-state index in [1.54, 1.807) is 18.2 Å². The number of aromatic amines is 1. The number of nitrogens with one attached hydrogen (secondary N) is 1. The molecule has 0 saturated heterocycles. The normalized spacial score (nSPS) is 9.12. The van der Waals surface area contributed by atoms with Crippen molar-refractivity contribution in [3.8, 4) is 11.4 Å². The van der Waals surface area contributed by atoms with Crippen LogP contribution in [0.3, 0.4) is 0 Å². The number of para-hydroxylation sites is 1. The van der Waals surface area contributed by atoms with Crippen molar-refractivity contribution in [1.29, 1.82) is 0 Å². The molecule has 1 aromatic heterocycles. The second kappa shape index (κ2) is 5.54. The van der Waals surface area contributed by atoms with Gasteiger partial charge in [0.15, 0.2) is 0 Å². The fourth-order valence-electron chi connectivity index (χ4n) is 1.10. The summed E-state index contributed by atoms with van der Waals surface area (Å²) >= 11 is 0. The van der Waals surface area contributed by atoms with Crippen molar-refractivity contribution in [2.24, 2.45) is 0 Å². The average Bonchev–Trinajstić information content (AvgIpc) is 2.85. The number of rotatable bonds is 2. The maximum absolute atomic E-state index is 10.6. The van der Waals surface area contributed by atoms with Gasteiger partial charge in [0.25, 0.3) is 5.69 Å². The lowest BCUT2D eigenvalue weighted by molar-refractivity contribution is -0.384. The van der Waals surface area contributed by atoms with Gasteiger partial charge in [-0.2, -0.15) is 5.21 Å². The summed E-state index contributed by atoms with van der Waals surface area (Å²) in [5.74, 6) is 0.220. The molecule has 0 spiro atoms. The van der Waals surface area contributed by atoms with Crippen LogP contribution >= 0.6 is 0 Å². The summed E-state index contributed by atoms with van der Waals surface area (Å²) in [5.41, 5.74) is 0.320. The number of nitrogens with zero attached hydrogens (tertiary/aromatic N) is 4. The molecule has 0 bridgehead atoms. The molecule has 2 aromatic rings. The Labute approximate surface area is 91.7 Å². The molecular formula is C9H11N5O2. The van der Waals surface area contributed by atoms with E-state index < -0.39 is 4.92 Å². The van der Waals surface area contributed by atoms with Gasteiger partial charge in [-0.05, 0) is 11.3 Å². The molecule has 7 heteroatoms. The number of nitro groups is 1. The van der Waals surface area contributed by atoms with Crippen LogP contribution in [0.4, 0.5) is 5.69 Å². The van der Waals surface area contributed by atoms with E-state index in [0.717, 1.165) is 0 Å². The van der Waals surface area contributed by atoms with E-state index in [-0.39, 0.29) is 11.5 Å². The summed E-state index contributed by atoms with van der Waals surface area (Å²) in [7, 11) is 0.